The fourth-order valence-corrected chi connectivity index (χ4v) is 1.63. The average molecular weight is 238 g/mol. The van der Waals surface area contributed by atoms with Gasteiger partial charge in [0.15, 0.2) is 5.01 Å². The van der Waals surface area contributed by atoms with Gasteiger partial charge in [-0.1, -0.05) is 6.92 Å². The van der Waals surface area contributed by atoms with Gasteiger partial charge in [0.2, 0.25) is 0 Å². The summed E-state index contributed by atoms with van der Waals surface area (Å²) in [4.78, 5) is 3.52. The molecule has 1 unspecified atom stereocenters. The number of hydrogen-bond acceptors (Lipinski definition) is 3. The first kappa shape index (κ1) is 12.4. The van der Waals surface area contributed by atoms with Crippen molar-refractivity contribution in [2.24, 2.45) is 0 Å². The molecule has 1 N–H and O–H groups in total. The SMILES string of the molecule is CCC(C)NCc1csc(C(F)(F)F)n1. The highest BCUT2D eigenvalue weighted by Crippen LogP contribution is 2.31. The number of nitrogens with one attached hydrogen (secondary N) is 1. The molecule has 0 saturated heterocycles. The van der Waals surface area contributed by atoms with E-state index in [-0.39, 0.29) is 0 Å². The van der Waals surface area contributed by atoms with E-state index in [1.54, 1.807) is 0 Å². The Kier molecular flexibility index (Phi) is 4.10. The quantitative estimate of drug-likeness (QED) is 0.872. The lowest BCUT2D eigenvalue weighted by molar-refractivity contribution is -0.137. The number of thiazole rings is 1. The maximum atomic E-state index is 12.2. The lowest BCUT2D eigenvalue weighted by atomic mass is 10.2. The van der Waals surface area contributed by atoms with Gasteiger partial charge in [0, 0.05) is 18.0 Å². The Labute approximate surface area is 90.5 Å². The molecular formula is C9H13F3N2S. The summed E-state index contributed by atoms with van der Waals surface area (Å²) in [5.41, 5.74) is 0.452. The van der Waals surface area contributed by atoms with Crippen molar-refractivity contribution in [1.29, 1.82) is 0 Å². The van der Waals surface area contributed by atoms with Crippen molar-refractivity contribution in [3.63, 3.8) is 0 Å². The average Bonchev–Trinajstić information content (AvgIpc) is 2.61. The predicted molar refractivity (Wildman–Crippen MR) is 53.7 cm³/mol. The number of halogens is 3. The van der Waals surface area contributed by atoms with Gasteiger partial charge >= 0.3 is 6.18 Å². The van der Waals surface area contributed by atoms with E-state index in [1.807, 2.05) is 13.8 Å². The number of alkyl halides is 3. The van der Waals surface area contributed by atoms with Crippen molar-refractivity contribution in [2.45, 2.75) is 39.0 Å². The van der Waals surface area contributed by atoms with E-state index < -0.39 is 11.2 Å². The van der Waals surface area contributed by atoms with Crippen molar-refractivity contribution >= 4 is 11.3 Å². The Morgan fingerprint density at radius 3 is 2.67 bits per heavy atom. The second kappa shape index (κ2) is 4.94. The van der Waals surface area contributed by atoms with Crippen LogP contribution in [0, 0.1) is 0 Å². The zero-order valence-corrected chi connectivity index (χ0v) is 9.37. The van der Waals surface area contributed by atoms with Gasteiger partial charge in [0.25, 0.3) is 0 Å². The Bertz CT molecular complexity index is 309. The molecule has 0 aliphatic rings. The topological polar surface area (TPSA) is 24.9 Å². The van der Waals surface area contributed by atoms with Crippen LogP contribution in [0.3, 0.4) is 0 Å². The van der Waals surface area contributed by atoms with Gasteiger partial charge in [-0.2, -0.15) is 13.2 Å². The lowest BCUT2D eigenvalue weighted by Crippen LogP contribution is -2.24. The molecule has 1 rings (SSSR count). The Morgan fingerprint density at radius 2 is 2.20 bits per heavy atom. The van der Waals surface area contributed by atoms with Crippen molar-refractivity contribution in [3.05, 3.63) is 16.1 Å². The minimum Gasteiger partial charge on any atom is -0.309 e. The Morgan fingerprint density at radius 1 is 1.53 bits per heavy atom. The summed E-state index contributed by atoms with van der Waals surface area (Å²) in [6.45, 7) is 4.39. The largest absolute Gasteiger partial charge is 0.443 e. The fraction of sp³-hybridized carbons (Fsp3) is 0.667. The molecule has 0 fully saturated rings. The first-order valence-electron chi connectivity index (χ1n) is 4.68. The van der Waals surface area contributed by atoms with Gasteiger partial charge in [-0.15, -0.1) is 11.3 Å². The number of nitrogens with zero attached hydrogens (tertiary/aromatic N) is 1. The molecule has 1 atom stereocenters. The highest BCUT2D eigenvalue weighted by atomic mass is 32.1. The van der Waals surface area contributed by atoms with Crippen LogP contribution >= 0.6 is 11.3 Å². The smallest absolute Gasteiger partial charge is 0.309 e. The number of rotatable bonds is 4. The molecule has 15 heavy (non-hydrogen) atoms. The second-order valence-corrected chi connectivity index (χ2v) is 4.19. The van der Waals surface area contributed by atoms with Gasteiger partial charge in [0.05, 0.1) is 5.69 Å². The molecule has 6 heteroatoms. The molecule has 0 aromatic carbocycles. The molecule has 86 valence electrons. The molecule has 1 aromatic rings. The maximum absolute atomic E-state index is 12.2. The first-order valence-corrected chi connectivity index (χ1v) is 5.56. The number of aromatic nitrogens is 1. The molecule has 0 amide bonds. The maximum Gasteiger partial charge on any atom is 0.443 e. The molecule has 0 aliphatic carbocycles. The molecule has 1 heterocycles. The third-order valence-electron chi connectivity index (χ3n) is 2.04. The van der Waals surface area contributed by atoms with Crippen LogP contribution in [-0.2, 0) is 12.7 Å². The monoisotopic (exact) mass is 238 g/mol. The van der Waals surface area contributed by atoms with Crippen LogP contribution in [0.2, 0.25) is 0 Å². The summed E-state index contributed by atoms with van der Waals surface area (Å²) >= 11 is 0.640. The van der Waals surface area contributed by atoms with E-state index in [2.05, 4.69) is 10.3 Å². The molecule has 0 spiro atoms. The van der Waals surface area contributed by atoms with Crippen LogP contribution in [0.25, 0.3) is 0 Å². The van der Waals surface area contributed by atoms with Crippen LogP contribution in [0.15, 0.2) is 5.38 Å². The second-order valence-electron chi connectivity index (χ2n) is 3.33. The summed E-state index contributed by atoms with van der Waals surface area (Å²) in [6.07, 6.45) is -3.38. The highest BCUT2D eigenvalue weighted by molar-refractivity contribution is 7.09. The van der Waals surface area contributed by atoms with Crippen molar-refractivity contribution < 1.29 is 13.2 Å². The third kappa shape index (κ3) is 3.79. The van der Waals surface area contributed by atoms with Crippen LogP contribution < -0.4 is 5.32 Å². The van der Waals surface area contributed by atoms with Crippen LogP contribution in [0.1, 0.15) is 31.0 Å². The molecule has 1 aromatic heterocycles. The minimum atomic E-state index is -4.32. The van der Waals surface area contributed by atoms with Crippen LogP contribution in [-0.4, -0.2) is 11.0 Å². The summed E-state index contributed by atoms with van der Waals surface area (Å²) in [6, 6.07) is 0.293. The lowest BCUT2D eigenvalue weighted by Gasteiger charge is -2.08. The Balaban J connectivity index is 2.54. The third-order valence-corrected chi connectivity index (χ3v) is 2.97. The highest BCUT2D eigenvalue weighted by Gasteiger charge is 2.34. The molecular weight excluding hydrogens is 225 g/mol. The van der Waals surface area contributed by atoms with E-state index in [4.69, 9.17) is 0 Å². The normalized spacial score (nSPS) is 14.2. The summed E-state index contributed by atoms with van der Waals surface area (Å²) < 4.78 is 36.6. The van der Waals surface area contributed by atoms with Crippen LogP contribution in [0.5, 0.6) is 0 Å². The zero-order chi connectivity index (χ0) is 11.5. The summed E-state index contributed by atoms with van der Waals surface area (Å²) in [5.74, 6) is 0. The van der Waals surface area contributed by atoms with E-state index in [9.17, 15) is 13.2 Å². The van der Waals surface area contributed by atoms with E-state index in [0.717, 1.165) is 6.42 Å². The van der Waals surface area contributed by atoms with Crippen molar-refractivity contribution in [2.75, 3.05) is 0 Å². The van der Waals surface area contributed by atoms with Gasteiger partial charge in [0.1, 0.15) is 0 Å². The Hall–Kier alpha value is -0.620. The van der Waals surface area contributed by atoms with E-state index in [1.165, 1.54) is 5.38 Å². The van der Waals surface area contributed by atoms with Gasteiger partial charge in [-0.05, 0) is 13.3 Å². The first-order chi connectivity index (χ1) is 6.93. The van der Waals surface area contributed by atoms with Gasteiger partial charge in [-0.25, -0.2) is 4.98 Å². The van der Waals surface area contributed by atoms with Gasteiger partial charge in [-0.3, -0.25) is 0 Å². The molecule has 0 bridgehead atoms. The van der Waals surface area contributed by atoms with E-state index >= 15 is 0 Å². The van der Waals surface area contributed by atoms with Gasteiger partial charge < -0.3 is 5.32 Å². The van der Waals surface area contributed by atoms with Crippen molar-refractivity contribution in [3.8, 4) is 0 Å². The fourth-order valence-electron chi connectivity index (χ4n) is 0.942. The molecule has 0 aliphatic heterocycles. The summed E-state index contributed by atoms with van der Waals surface area (Å²) in [5, 5.41) is 3.76. The van der Waals surface area contributed by atoms with E-state index in [0.29, 0.717) is 29.6 Å². The predicted octanol–water partition coefficient (Wildman–Crippen LogP) is 3.05. The standard InChI is InChI=1S/C9H13F3N2S/c1-3-6(2)13-4-7-5-15-8(14-7)9(10,11)12/h5-6,13H,3-4H2,1-2H3. The summed E-state index contributed by atoms with van der Waals surface area (Å²) in [7, 11) is 0. The number of hydrogen-bond donors (Lipinski definition) is 1. The minimum absolute atomic E-state index is 0.293. The molecule has 2 nitrogen and oxygen atoms in total. The molecule has 0 saturated carbocycles. The zero-order valence-electron chi connectivity index (χ0n) is 8.56. The van der Waals surface area contributed by atoms with Crippen molar-refractivity contribution in [1.82, 2.24) is 10.3 Å². The van der Waals surface area contributed by atoms with Crippen LogP contribution in [0.4, 0.5) is 13.2 Å². The molecule has 0 radical (unpaired) electrons.